The van der Waals surface area contributed by atoms with E-state index in [9.17, 15) is 14.7 Å². The summed E-state index contributed by atoms with van der Waals surface area (Å²) in [5.41, 5.74) is 6.53. The number of carbonyl (C=O) groups excluding carboxylic acids is 1. The molecule has 3 rings (SSSR count). The predicted molar refractivity (Wildman–Crippen MR) is 146 cm³/mol. The van der Waals surface area contributed by atoms with Gasteiger partial charge in [-0.15, -0.1) is 0 Å². The lowest BCUT2D eigenvalue weighted by atomic mass is 10.0. The number of hydrogen-bond donors (Lipinski definition) is 3. The van der Waals surface area contributed by atoms with E-state index in [-0.39, 0.29) is 36.0 Å². The number of nitrogens with two attached hydrogens (primary N) is 1. The summed E-state index contributed by atoms with van der Waals surface area (Å²) in [6, 6.07) is -0.307. The highest BCUT2D eigenvalue weighted by molar-refractivity contribution is 5.71. The first-order valence-electron chi connectivity index (χ1n) is 14.2. The summed E-state index contributed by atoms with van der Waals surface area (Å²) in [5.74, 6) is -0.611. The molecule has 0 aliphatic heterocycles. The monoisotopic (exact) mass is 515 g/mol. The van der Waals surface area contributed by atoms with Crippen LogP contribution in [0.15, 0.2) is 23.3 Å². The number of carbonyl (C=O) groups is 1. The molecule has 3 unspecified atom stereocenters. The molecule has 0 saturated heterocycles. The lowest BCUT2D eigenvalue weighted by Crippen LogP contribution is -2.22. The maximum Gasteiger partial charge on any atom is 0.305 e. The van der Waals surface area contributed by atoms with Crippen molar-refractivity contribution in [2.45, 2.75) is 115 Å². The molecule has 0 amide bonds. The van der Waals surface area contributed by atoms with E-state index in [0.717, 1.165) is 24.8 Å². The van der Waals surface area contributed by atoms with E-state index in [1.165, 1.54) is 70.5 Å². The van der Waals surface area contributed by atoms with Crippen molar-refractivity contribution in [3.63, 3.8) is 0 Å². The molecule has 2 aromatic rings. The van der Waals surface area contributed by atoms with Crippen LogP contribution in [0.3, 0.4) is 0 Å². The van der Waals surface area contributed by atoms with Crippen LogP contribution in [0.25, 0.3) is 11.2 Å². The average molecular weight is 516 g/mol. The molecule has 2 aromatic heterocycles. The maximum absolute atomic E-state index is 12.3. The van der Waals surface area contributed by atoms with E-state index in [4.69, 9.17) is 10.5 Å². The number of aliphatic hydroxyl groups is 1. The molecule has 37 heavy (non-hydrogen) atoms. The summed E-state index contributed by atoms with van der Waals surface area (Å²) in [6.45, 7) is 6.49. The number of H-pyrrole nitrogens is 1. The summed E-state index contributed by atoms with van der Waals surface area (Å²) in [4.78, 5) is 35.1. The third-order valence-corrected chi connectivity index (χ3v) is 7.53. The number of imidazole rings is 1. The highest BCUT2D eigenvalue weighted by atomic mass is 16.5. The molecular weight excluding hydrogens is 470 g/mol. The molecule has 1 aliphatic rings. The van der Waals surface area contributed by atoms with Crippen LogP contribution in [0, 0.1) is 5.92 Å². The van der Waals surface area contributed by atoms with E-state index in [1.54, 1.807) is 4.57 Å². The van der Waals surface area contributed by atoms with Crippen molar-refractivity contribution in [3.8, 4) is 0 Å². The fourth-order valence-corrected chi connectivity index (χ4v) is 5.26. The molecule has 1 aliphatic carbocycles. The molecule has 3 atom stereocenters. The Morgan fingerprint density at radius 1 is 1.11 bits per heavy atom. The molecule has 1 fully saturated rings. The van der Waals surface area contributed by atoms with E-state index in [2.05, 4.69) is 28.5 Å². The number of anilines is 1. The molecule has 0 spiro atoms. The van der Waals surface area contributed by atoms with E-state index in [0.29, 0.717) is 18.5 Å². The quantitative estimate of drug-likeness (QED) is 0.149. The zero-order valence-electron chi connectivity index (χ0n) is 22.4. The largest absolute Gasteiger partial charge is 0.465 e. The van der Waals surface area contributed by atoms with E-state index in [1.807, 2.05) is 0 Å². The maximum atomic E-state index is 12.3. The van der Waals surface area contributed by atoms with Crippen molar-refractivity contribution in [3.05, 3.63) is 28.8 Å². The molecule has 206 valence electrons. The second kappa shape index (κ2) is 14.9. The van der Waals surface area contributed by atoms with Crippen molar-refractivity contribution in [2.75, 3.05) is 12.3 Å². The number of nitrogens with zero attached hydrogens (tertiary/aromatic N) is 3. The normalized spacial score (nSPS) is 19.6. The van der Waals surface area contributed by atoms with Crippen LogP contribution in [0.4, 0.5) is 5.95 Å². The zero-order valence-corrected chi connectivity index (χ0v) is 22.4. The number of unbranched alkanes of at least 4 members (excludes halogenated alkanes) is 12. The standard InChI is InChI=1S/C28H45N5O4/c1-3-4-5-6-7-8-9-10-11-12-13-14-15-16-24(35)37-18-21-20(2)22(17-23(21)34)33-19-30-25-26(33)31-28(29)32-27(25)36/h19,21-23,34H,2-18H2,1H3,(H3,29,31,32,36). The lowest BCUT2D eigenvalue weighted by Gasteiger charge is -2.17. The van der Waals surface area contributed by atoms with Gasteiger partial charge in [0.15, 0.2) is 11.2 Å². The number of esters is 1. The Morgan fingerprint density at radius 3 is 2.32 bits per heavy atom. The minimum atomic E-state index is -0.710. The zero-order chi connectivity index (χ0) is 26.6. The molecule has 0 bridgehead atoms. The highest BCUT2D eigenvalue weighted by Gasteiger charge is 2.39. The van der Waals surface area contributed by atoms with Crippen LogP contribution >= 0.6 is 0 Å². The van der Waals surface area contributed by atoms with Gasteiger partial charge in [-0.05, 0) is 18.4 Å². The molecular formula is C28H45N5O4. The van der Waals surface area contributed by atoms with Crippen molar-refractivity contribution in [2.24, 2.45) is 5.92 Å². The van der Waals surface area contributed by atoms with Crippen LogP contribution in [0.5, 0.6) is 0 Å². The molecule has 1 saturated carbocycles. The third-order valence-electron chi connectivity index (χ3n) is 7.53. The Hall–Kier alpha value is -2.68. The summed E-state index contributed by atoms with van der Waals surface area (Å²) in [7, 11) is 0. The van der Waals surface area contributed by atoms with Crippen molar-refractivity contribution < 1.29 is 14.6 Å². The average Bonchev–Trinajstić information content (AvgIpc) is 3.40. The van der Waals surface area contributed by atoms with Gasteiger partial charge in [0.25, 0.3) is 5.56 Å². The van der Waals surface area contributed by atoms with Gasteiger partial charge < -0.3 is 20.1 Å². The third kappa shape index (κ3) is 8.42. The molecule has 0 radical (unpaired) electrons. The first kappa shape index (κ1) is 28.9. The topological polar surface area (TPSA) is 136 Å². The number of aromatic nitrogens is 4. The molecule has 9 heteroatoms. The molecule has 4 N–H and O–H groups in total. The van der Waals surface area contributed by atoms with Gasteiger partial charge >= 0.3 is 5.97 Å². The van der Waals surface area contributed by atoms with E-state index >= 15 is 0 Å². The Kier molecular flexibility index (Phi) is 11.6. The van der Waals surface area contributed by atoms with E-state index < -0.39 is 11.7 Å². The second-order valence-electron chi connectivity index (χ2n) is 10.5. The Morgan fingerprint density at radius 2 is 1.70 bits per heavy atom. The summed E-state index contributed by atoms with van der Waals surface area (Å²) in [5, 5.41) is 10.6. The number of nitrogen functional groups attached to an aromatic ring is 1. The predicted octanol–water partition coefficient (Wildman–Crippen LogP) is 5.20. The minimum absolute atomic E-state index is 0.00190. The van der Waals surface area contributed by atoms with Crippen LogP contribution in [0.1, 0.15) is 109 Å². The Labute approximate surface area is 219 Å². The van der Waals surface area contributed by atoms with Crippen LogP contribution in [-0.2, 0) is 9.53 Å². The fraction of sp³-hybridized carbons (Fsp3) is 0.714. The Balaban J connectivity index is 1.30. The number of fused-ring (bicyclic) bond motifs is 1. The summed E-state index contributed by atoms with van der Waals surface area (Å²) in [6.07, 6.45) is 18.0. The van der Waals surface area contributed by atoms with Crippen LogP contribution in [-0.4, -0.2) is 43.3 Å². The van der Waals surface area contributed by atoms with Crippen LogP contribution in [0.2, 0.25) is 0 Å². The number of aromatic amines is 1. The molecule has 2 heterocycles. The number of rotatable bonds is 17. The van der Waals surface area contributed by atoms with Crippen molar-refractivity contribution >= 4 is 23.1 Å². The lowest BCUT2D eigenvalue weighted by molar-refractivity contribution is -0.145. The van der Waals surface area contributed by atoms with Gasteiger partial charge in [-0.25, -0.2) is 4.98 Å². The van der Waals surface area contributed by atoms with Crippen LogP contribution < -0.4 is 11.3 Å². The van der Waals surface area contributed by atoms with Crippen molar-refractivity contribution in [1.29, 1.82) is 0 Å². The number of ether oxygens (including phenoxy) is 1. The highest BCUT2D eigenvalue weighted by Crippen LogP contribution is 2.40. The first-order valence-corrected chi connectivity index (χ1v) is 14.2. The van der Waals surface area contributed by atoms with Gasteiger partial charge in [0.1, 0.15) is 6.61 Å². The first-order chi connectivity index (χ1) is 17.9. The van der Waals surface area contributed by atoms with Gasteiger partial charge in [-0.3, -0.25) is 14.6 Å². The summed E-state index contributed by atoms with van der Waals surface area (Å²) < 4.78 is 7.20. The number of aliphatic hydroxyl groups excluding tert-OH is 1. The number of hydrogen-bond acceptors (Lipinski definition) is 7. The number of nitrogens with one attached hydrogen (secondary N) is 1. The Bertz CT molecular complexity index is 1060. The smallest absolute Gasteiger partial charge is 0.305 e. The van der Waals surface area contributed by atoms with Gasteiger partial charge in [0.05, 0.1) is 18.5 Å². The van der Waals surface area contributed by atoms with Gasteiger partial charge in [-0.1, -0.05) is 90.6 Å². The molecule has 0 aromatic carbocycles. The van der Waals surface area contributed by atoms with Gasteiger partial charge in [0, 0.05) is 12.3 Å². The SMILES string of the molecule is C=C1C(COC(=O)CCCCCCCCCCCCCCC)C(O)CC1n1cnc2c(=O)[nH]c(N)nc21. The minimum Gasteiger partial charge on any atom is -0.465 e. The van der Waals surface area contributed by atoms with Crippen molar-refractivity contribution in [1.82, 2.24) is 19.5 Å². The van der Waals surface area contributed by atoms with Gasteiger partial charge in [-0.2, -0.15) is 4.98 Å². The fourth-order valence-electron chi connectivity index (χ4n) is 5.26. The van der Waals surface area contributed by atoms with Gasteiger partial charge in [0.2, 0.25) is 5.95 Å². The second-order valence-corrected chi connectivity index (χ2v) is 10.5. The molecule has 9 nitrogen and oxygen atoms in total. The summed E-state index contributed by atoms with van der Waals surface area (Å²) >= 11 is 0.